The van der Waals surface area contributed by atoms with Gasteiger partial charge in [0.15, 0.2) is 0 Å². The molecule has 0 bridgehead atoms. The number of carbonyl (C=O) groups is 3. The number of piperazine rings is 1. The molecular formula is C22H26N4O4. The predicted octanol–water partition coefficient (Wildman–Crippen LogP) is 1.35. The van der Waals surface area contributed by atoms with Gasteiger partial charge in [-0.3, -0.25) is 14.5 Å². The molecule has 8 heteroatoms. The molecule has 8 nitrogen and oxygen atoms in total. The summed E-state index contributed by atoms with van der Waals surface area (Å²) in [7, 11) is 1.30. The third-order valence-electron chi connectivity index (χ3n) is 4.98. The molecule has 0 aliphatic carbocycles. The van der Waals surface area contributed by atoms with Crippen molar-refractivity contribution < 1.29 is 19.1 Å². The van der Waals surface area contributed by atoms with Gasteiger partial charge in [-0.1, -0.05) is 18.2 Å². The number of anilines is 2. The van der Waals surface area contributed by atoms with Crippen LogP contribution >= 0.6 is 0 Å². The number of benzene rings is 2. The molecule has 0 aromatic heterocycles. The van der Waals surface area contributed by atoms with Crippen LogP contribution in [0.25, 0.3) is 0 Å². The van der Waals surface area contributed by atoms with Crippen LogP contribution < -0.4 is 15.5 Å². The van der Waals surface area contributed by atoms with Crippen LogP contribution in [0.3, 0.4) is 0 Å². The van der Waals surface area contributed by atoms with Gasteiger partial charge < -0.3 is 20.3 Å². The summed E-state index contributed by atoms with van der Waals surface area (Å²) < 4.78 is 4.62. The molecule has 1 saturated heterocycles. The third kappa shape index (κ3) is 5.81. The van der Waals surface area contributed by atoms with Gasteiger partial charge >= 0.3 is 17.8 Å². The molecule has 158 valence electrons. The van der Waals surface area contributed by atoms with Crippen LogP contribution in [0.5, 0.6) is 0 Å². The Morgan fingerprint density at radius 3 is 2.20 bits per heavy atom. The zero-order valence-electron chi connectivity index (χ0n) is 17.0. The van der Waals surface area contributed by atoms with Crippen LogP contribution in [0, 0.1) is 0 Å². The van der Waals surface area contributed by atoms with Crippen molar-refractivity contribution in [2.45, 2.75) is 0 Å². The molecule has 0 saturated carbocycles. The van der Waals surface area contributed by atoms with E-state index in [-0.39, 0.29) is 0 Å². The number of hydrogen-bond acceptors (Lipinski definition) is 6. The van der Waals surface area contributed by atoms with E-state index in [0.29, 0.717) is 24.3 Å². The summed E-state index contributed by atoms with van der Waals surface area (Å²) >= 11 is 0. The largest absolute Gasteiger partial charge is 0.465 e. The number of carbonyl (C=O) groups excluding carboxylic acids is 3. The first-order valence-corrected chi connectivity index (χ1v) is 9.87. The lowest BCUT2D eigenvalue weighted by atomic mass is 10.2. The zero-order chi connectivity index (χ0) is 21.3. The van der Waals surface area contributed by atoms with Crippen LogP contribution in [0.2, 0.25) is 0 Å². The van der Waals surface area contributed by atoms with Gasteiger partial charge in [0.1, 0.15) is 0 Å². The topological polar surface area (TPSA) is 91.0 Å². The summed E-state index contributed by atoms with van der Waals surface area (Å²) in [5, 5.41) is 5.17. The Morgan fingerprint density at radius 1 is 0.900 bits per heavy atom. The number of rotatable bonds is 6. The van der Waals surface area contributed by atoms with Gasteiger partial charge in [0.05, 0.1) is 12.7 Å². The number of esters is 1. The van der Waals surface area contributed by atoms with Gasteiger partial charge in [-0.2, -0.15) is 0 Å². The van der Waals surface area contributed by atoms with Crippen molar-refractivity contribution in [3.05, 3.63) is 60.2 Å². The molecule has 1 heterocycles. The smallest absolute Gasteiger partial charge is 0.337 e. The second-order valence-corrected chi connectivity index (χ2v) is 6.94. The maximum absolute atomic E-state index is 12.0. The van der Waals surface area contributed by atoms with Gasteiger partial charge in [0.2, 0.25) is 0 Å². The highest BCUT2D eigenvalue weighted by Crippen LogP contribution is 2.15. The number of nitrogens with zero attached hydrogens (tertiary/aromatic N) is 2. The maximum Gasteiger partial charge on any atom is 0.337 e. The van der Waals surface area contributed by atoms with Gasteiger partial charge in [-0.05, 0) is 36.4 Å². The molecule has 1 aliphatic rings. The minimum Gasteiger partial charge on any atom is -0.465 e. The van der Waals surface area contributed by atoms with Crippen molar-refractivity contribution in [3.8, 4) is 0 Å². The van der Waals surface area contributed by atoms with Crippen molar-refractivity contribution in [1.29, 1.82) is 0 Å². The van der Waals surface area contributed by atoms with E-state index in [4.69, 9.17) is 0 Å². The Kier molecular flexibility index (Phi) is 7.40. The molecular weight excluding hydrogens is 384 g/mol. The highest BCUT2D eigenvalue weighted by atomic mass is 16.5. The van der Waals surface area contributed by atoms with Crippen molar-refractivity contribution >= 4 is 29.2 Å². The number of methoxy groups -OCH3 is 1. The molecule has 2 aromatic carbocycles. The lowest BCUT2D eigenvalue weighted by Crippen LogP contribution is -2.49. The molecule has 2 amide bonds. The Morgan fingerprint density at radius 2 is 1.57 bits per heavy atom. The van der Waals surface area contributed by atoms with E-state index in [2.05, 4.69) is 37.3 Å². The van der Waals surface area contributed by atoms with Crippen molar-refractivity contribution in [3.63, 3.8) is 0 Å². The molecule has 2 aromatic rings. The molecule has 0 atom stereocenters. The molecule has 0 spiro atoms. The van der Waals surface area contributed by atoms with E-state index in [9.17, 15) is 14.4 Å². The van der Waals surface area contributed by atoms with Gasteiger partial charge in [0.25, 0.3) is 0 Å². The standard InChI is InChI=1S/C22H26N4O4/c1-30-22(29)17-7-9-18(10-8-17)24-21(28)20(27)23-11-12-25-13-15-26(16-14-25)19-5-3-2-4-6-19/h2-10H,11-16H2,1H3,(H,23,27)(H,24,28). The molecule has 2 N–H and O–H groups in total. The lowest BCUT2D eigenvalue weighted by molar-refractivity contribution is -0.136. The predicted molar refractivity (Wildman–Crippen MR) is 115 cm³/mol. The molecule has 0 radical (unpaired) electrons. The zero-order valence-corrected chi connectivity index (χ0v) is 17.0. The average molecular weight is 410 g/mol. The fourth-order valence-corrected chi connectivity index (χ4v) is 3.27. The van der Waals surface area contributed by atoms with E-state index in [1.165, 1.54) is 24.9 Å². The third-order valence-corrected chi connectivity index (χ3v) is 4.98. The van der Waals surface area contributed by atoms with E-state index in [1.807, 2.05) is 18.2 Å². The normalized spacial score (nSPS) is 14.1. The number of nitrogens with one attached hydrogen (secondary N) is 2. The van der Waals surface area contributed by atoms with Crippen molar-refractivity contribution in [2.75, 3.05) is 56.6 Å². The van der Waals surface area contributed by atoms with Gasteiger partial charge in [-0.15, -0.1) is 0 Å². The molecule has 1 aliphatic heterocycles. The molecule has 3 rings (SSSR count). The molecule has 0 unspecified atom stereocenters. The van der Waals surface area contributed by atoms with Crippen molar-refractivity contribution in [1.82, 2.24) is 10.2 Å². The monoisotopic (exact) mass is 410 g/mol. The fraction of sp³-hybridized carbons (Fsp3) is 0.318. The van der Waals surface area contributed by atoms with Crippen molar-refractivity contribution in [2.24, 2.45) is 0 Å². The van der Waals surface area contributed by atoms with Gasteiger partial charge in [0, 0.05) is 50.6 Å². The Hall–Kier alpha value is -3.39. The SMILES string of the molecule is COC(=O)c1ccc(NC(=O)C(=O)NCCN2CCN(c3ccccc3)CC2)cc1. The minimum atomic E-state index is -0.741. The maximum atomic E-state index is 12.0. The van der Waals surface area contributed by atoms with Crippen LogP contribution in [0.4, 0.5) is 11.4 Å². The summed E-state index contributed by atoms with van der Waals surface area (Å²) in [5.41, 5.74) is 2.02. The Bertz CT molecular complexity index is 862. The second-order valence-electron chi connectivity index (χ2n) is 6.94. The molecule has 1 fully saturated rings. The lowest BCUT2D eigenvalue weighted by Gasteiger charge is -2.36. The summed E-state index contributed by atoms with van der Waals surface area (Å²) in [4.78, 5) is 40.1. The number of hydrogen-bond donors (Lipinski definition) is 2. The highest BCUT2D eigenvalue weighted by Gasteiger charge is 2.18. The van der Waals surface area contributed by atoms with Crippen LogP contribution in [0.15, 0.2) is 54.6 Å². The van der Waals surface area contributed by atoms with Crippen LogP contribution in [0.1, 0.15) is 10.4 Å². The van der Waals surface area contributed by atoms with Crippen LogP contribution in [-0.4, -0.2) is 69.1 Å². The summed E-state index contributed by atoms with van der Waals surface area (Å²) in [6.07, 6.45) is 0. The van der Waals surface area contributed by atoms with E-state index >= 15 is 0 Å². The Balaban J connectivity index is 1.36. The summed E-state index contributed by atoms with van der Waals surface area (Å²) in [5.74, 6) is -1.89. The second kappa shape index (κ2) is 10.4. The Labute approximate surface area is 175 Å². The van der Waals surface area contributed by atoms with Gasteiger partial charge in [-0.25, -0.2) is 4.79 Å². The number of para-hydroxylation sites is 1. The number of amides is 2. The molecule has 30 heavy (non-hydrogen) atoms. The van der Waals surface area contributed by atoms with E-state index < -0.39 is 17.8 Å². The van der Waals surface area contributed by atoms with E-state index in [0.717, 1.165) is 26.2 Å². The highest BCUT2D eigenvalue weighted by molar-refractivity contribution is 6.39. The van der Waals surface area contributed by atoms with E-state index in [1.54, 1.807) is 12.1 Å². The fourth-order valence-electron chi connectivity index (χ4n) is 3.27. The first kappa shape index (κ1) is 21.3. The number of ether oxygens (including phenoxy) is 1. The van der Waals surface area contributed by atoms with Crippen LogP contribution in [-0.2, 0) is 14.3 Å². The first-order valence-electron chi connectivity index (χ1n) is 9.87. The minimum absolute atomic E-state index is 0.368. The first-order chi connectivity index (χ1) is 14.6. The quantitative estimate of drug-likeness (QED) is 0.552. The summed E-state index contributed by atoms with van der Waals surface area (Å²) in [6, 6.07) is 16.4. The summed E-state index contributed by atoms with van der Waals surface area (Å²) in [6.45, 7) is 4.77. The average Bonchev–Trinajstić information content (AvgIpc) is 2.80.